The predicted octanol–water partition coefficient (Wildman–Crippen LogP) is 1.84. The monoisotopic (exact) mass is 291 g/mol. The van der Waals surface area contributed by atoms with E-state index < -0.39 is 0 Å². The fourth-order valence-corrected chi connectivity index (χ4v) is 2.86. The van der Waals surface area contributed by atoms with Crippen LogP contribution in [0.4, 0.5) is 0 Å². The Kier molecular flexibility index (Phi) is 5.59. The molecule has 2 rings (SSSR count). The van der Waals surface area contributed by atoms with E-state index in [1.54, 1.807) is 14.2 Å². The quantitative estimate of drug-likeness (QED) is 0.619. The van der Waals surface area contributed by atoms with Gasteiger partial charge in [0.2, 0.25) is 0 Å². The molecule has 0 amide bonds. The number of nitrogens with one attached hydrogen (secondary N) is 1. The van der Waals surface area contributed by atoms with Gasteiger partial charge >= 0.3 is 0 Å². The summed E-state index contributed by atoms with van der Waals surface area (Å²) in [5, 5.41) is 7.56. The molecule has 0 atom stereocenters. The topological polar surface area (TPSA) is 71.6 Å². The lowest BCUT2D eigenvalue weighted by atomic mass is 9.97. The Hall–Kier alpha value is -1.59. The minimum atomic E-state index is 0.0951. The molecule has 0 radical (unpaired) electrons. The number of amidine groups is 1. The number of hydrogen-bond donors (Lipinski definition) is 2. The number of likely N-dealkylation sites (tertiary alicyclic amines) is 1. The van der Waals surface area contributed by atoms with Gasteiger partial charge in [0, 0.05) is 31.4 Å². The standard InChI is InChI=1S/C16H25N3O2/c1-20-11-12-5-7-19(8-6-12)10-14-9-13(16(17)18)3-4-15(14)21-2/h3-4,9,12H,5-8,10-11H2,1-2H3,(H3,17,18). The van der Waals surface area contributed by atoms with E-state index >= 15 is 0 Å². The molecule has 5 nitrogen and oxygen atoms in total. The molecule has 1 heterocycles. The summed E-state index contributed by atoms with van der Waals surface area (Å²) in [7, 11) is 3.45. The Balaban J connectivity index is 2.02. The summed E-state index contributed by atoms with van der Waals surface area (Å²) in [5.74, 6) is 1.63. The van der Waals surface area contributed by atoms with Gasteiger partial charge in [-0.3, -0.25) is 10.3 Å². The van der Waals surface area contributed by atoms with Crippen LogP contribution in [0.15, 0.2) is 18.2 Å². The molecule has 0 bridgehead atoms. The molecule has 0 aliphatic carbocycles. The van der Waals surface area contributed by atoms with Crippen LogP contribution in [-0.4, -0.2) is 44.7 Å². The number of benzene rings is 1. The van der Waals surface area contributed by atoms with Crippen LogP contribution < -0.4 is 10.5 Å². The predicted molar refractivity (Wildman–Crippen MR) is 83.9 cm³/mol. The Bertz CT molecular complexity index is 482. The van der Waals surface area contributed by atoms with E-state index in [1.807, 2.05) is 18.2 Å². The van der Waals surface area contributed by atoms with Crippen LogP contribution in [0.1, 0.15) is 24.0 Å². The lowest BCUT2D eigenvalue weighted by molar-refractivity contribution is 0.0965. The Morgan fingerprint density at radius 3 is 2.62 bits per heavy atom. The second-order valence-corrected chi connectivity index (χ2v) is 5.62. The molecule has 0 aromatic heterocycles. The molecule has 0 spiro atoms. The Morgan fingerprint density at radius 2 is 2.05 bits per heavy atom. The average molecular weight is 291 g/mol. The minimum absolute atomic E-state index is 0.0951. The summed E-state index contributed by atoms with van der Waals surface area (Å²) in [5.41, 5.74) is 7.42. The molecule has 21 heavy (non-hydrogen) atoms. The van der Waals surface area contributed by atoms with Gasteiger partial charge in [-0.05, 0) is 50.0 Å². The van der Waals surface area contributed by atoms with E-state index in [1.165, 1.54) is 12.8 Å². The highest BCUT2D eigenvalue weighted by Gasteiger charge is 2.20. The van der Waals surface area contributed by atoms with E-state index in [0.717, 1.165) is 43.1 Å². The first-order valence-corrected chi connectivity index (χ1v) is 7.36. The van der Waals surface area contributed by atoms with Crippen molar-refractivity contribution >= 4 is 5.84 Å². The second kappa shape index (κ2) is 7.43. The third kappa shape index (κ3) is 4.19. The number of nitrogen functional groups attached to an aromatic ring is 1. The number of methoxy groups -OCH3 is 2. The fraction of sp³-hybridized carbons (Fsp3) is 0.562. The average Bonchev–Trinajstić information content (AvgIpc) is 2.49. The Morgan fingerprint density at radius 1 is 1.33 bits per heavy atom. The molecule has 5 heteroatoms. The van der Waals surface area contributed by atoms with E-state index in [0.29, 0.717) is 5.92 Å². The fourth-order valence-electron chi connectivity index (χ4n) is 2.86. The maximum absolute atomic E-state index is 7.56. The molecular formula is C16H25N3O2. The maximum atomic E-state index is 7.56. The molecule has 0 saturated carbocycles. The van der Waals surface area contributed by atoms with Gasteiger partial charge in [0.15, 0.2) is 0 Å². The van der Waals surface area contributed by atoms with E-state index in [-0.39, 0.29) is 5.84 Å². The zero-order valence-corrected chi connectivity index (χ0v) is 12.9. The summed E-state index contributed by atoms with van der Waals surface area (Å²) < 4.78 is 10.7. The van der Waals surface area contributed by atoms with Crippen LogP contribution in [-0.2, 0) is 11.3 Å². The molecule has 0 unspecified atom stereocenters. The normalized spacial score (nSPS) is 16.9. The lowest BCUT2D eigenvalue weighted by Gasteiger charge is -2.32. The van der Waals surface area contributed by atoms with Crippen molar-refractivity contribution in [2.45, 2.75) is 19.4 Å². The van der Waals surface area contributed by atoms with Gasteiger partial charge in [-0.2, -0.15) is 0 Å². The van der Waals surface area contributed by atoms with Crippen LogP contribution in [0.3, 0.4) is 0 Å². The smallest absolute Gasteiger partial charge is 0.123 e. The molecule has 1 aromatic rings. The third-order valence-corrected chi connectivity index (χ3v) is 4.09. The van der Waals surface area contributed by atoms with Crippen molar-refractivity contribution in [3.63, 3.8) is 0 Å². The highest BCUT2D eigenvalue weighted by molar-refractivity contribution is 5.95. The van der Waals surface area contributed by atoms with Crippen molar-refractivity contribution in [1.29, 1.82) is 5.41 Å². The molecule has 1 saturated heterocycles. The Labute approximate surface area is 126 Å². The van der Waals surface area contributed by atoms with E-state index in [2.05, 4.69) is 4.90 Å². The number of ether oxygens (including phenoxy) is 2. The van der Waals surface area contributed by atoms with Crippen molar-refractivity contribution in [2.24, 2.45) is 11.7 Å². The lowest BCUT2D eigenvalue weighted by Crippen LogP contribution is -2.34. The SMILES string of the molecule is COCC1CCN(Cc2cc(C(=N)N)ccc2OC)CC1. The second-order valence-electron chi connectivity index (χ2n) is 5.62. The van der Waals surface area contributed by atoms with Gasteiger partial charge in [0.05, 0.1) is 7.11 Å². The van der Waals surface area contributed by atoms with E-state index in [9.17, 15) is 0 Å². The number of hydrogen-bond acceptors (Lipinski definition) is 4. The number of piperidine rings is 1. The molecule has 1 aliphatic rings. The molecular weight excluding hydrogens is 266 g/mol. The van der Waals surface area contributed by atoms with Crippen molar-refractivity contribution < 1.29 is 9.47 Å². The molecule has 3 N–H and O–H groups in total. The van der Waals surface area contributed by atoms with Crippen molar-refractivity contribution in [1.82, 2.24) is 4.90 Å². The first kappa shape index (κ1) is 15.8. The summed E-state index contributed by atoms with van der Waals surface area (Å²) in [6, 6.07) is 5.68. The van der Waals surface area contributed by atoms with Crippen molar-refractivity contribution in [2.75, 3.05) is 33.9 Å². The van der Waals surface area contributed by atoms with Crippen LogP contribution in [0.5, 0.6) is 5.75 Å². The van der Waals surface area contributed by atoms with E-state index in [4.69, 9.17) is 20.6 Å². The third-order valence-electron chi connectivity index (χ3n) is 4.09. The van der Waals surface area contributed by atoms with Gasteiger partial charge in [-0.25, -0.2) is 0 Å². The highest BCUT2D eigenvalue weighted by Crippen LogP contribution is 2.24. The van der Waals surface area contributed by atoms with Gasteiger partial charge in [0.1, 0.15) is 11.6 Å². The van der Waals surface area contributed by atoms with Gasteiger partial charge in [0.25, 0.3) is 0 Å². The number of nitrogens with zero attached hydrogens (tertiary/aromatic N) is 1. The van der Waals surface area contributed by atoms with Crippen molar-refractivity contribution in [3.8, 4) is 5.75 Å². The molecule has 1 aromatic carbocycles. The zero-order valence-electron chi connectivity index (χ0n) is 12.9. The first-order chi connectivity index (χ1) is 10.1. The number of rotatable bonds is 6. The minimum Gasteiger partial charge on any atom is -0.496 e. The molecule has 116 valence electrons. The van der Waals surface area contributed by atoms with Crippen molar-refractivity contribution in [3.05, 3.63) is 29.3 Å². The number of nitrogens with two attached hydrogens (primary N) is 1. The van der Waals surface area contributed by atoms with Gasteiger partial charge in [-0.1, -0.05) is 0 Å². The van der Waals surface area contributed by atoms with Gasteiger partial charge < -0.3 is 15.2 Å². The summed E-state index contributed by atoms with van der Waals surface area (Å²) in [6.45, 7) is 3.84. The zero-order chi connectivity index (χ0) is 15.2. The van der Waals surface area contributed by atoms with Crippen LogP contribution in [0, 0.1) is 11.3 Å². The first-order valence-electron chi connectivity index (χ1n) is 7.36. The van der Waals surface area contributed by atoms with Gasteiger partial charge in [-0.15, -0.1) is 0 Å². The highest BCUT2D eigenvalue weighted by atomic mass is 16.5. The van der Waals surface area contributed by atoms with Crippen LogP contribution in [0.2, 0.25) is 0 Å². The molecule has 1 aliphatic heterocycles. The largest absolute Gasteiger partial charge is 0.496 e. The summed E-state index contributed by atoms with van der Waals surface area (Å²) in [4.78, 5) is 2.42. The summed E-state index contributed by atoms with van der Waals surface area (Å²) in [6.07, 6.45) is 2.34. The molecule has 1 fully saturated rings. The van der Waals surface area contributed by atoms with Crippen LogP contribution >= 0.6 is 0 Å². The van der Waals surface area contributed by atoms with Crippen LogP contribution in [0.25, 0.3) is 0 Å². The maximum Gasteiger partial charge on any atom is 0.123 e. The summed E-state index contributed by atoms with van der Waals surface area (Å²) >= 11 is 0.